The predicted molar refractivity (Wildman–Crippen MR) is 260 cm³/mol. The Hall–Kier alpha value is -5.20. The van der Waals surface area contributed by atoms with Crippen LogP contribution in [0.4, 0.5) is 0 Å². The molecule has 0 bridgehead atoms. The zero-order chi connectivity index (χ0) is 40.9. The van der Waals surface area contributed by atoms with E-state index in [2.05, 4.69) is 185 Å². The van der Waals surface area contributed by atoms with Gasteiger partial charge in [-0.3, -0.25) is 0 Å². The van der Waals surface area contributed by atoms with E-state index in [9.17, 15) is 0 Å². The largest absolute Gasteiger partial charge is 0.0654 e. The number of hydrogen-bond acceptors (Lipinski definition) is 0. The van der Waals surface area contributed by atoms with Crippen molar-refractivity contribution in [3.63, 3.8) is 0 Å². The molecule has 1 aliphatic carbocycles. The molecule has 6 aromatic carbocycles. The number of unbranched alkanes of at least 4 members (excludes halogenated alkanes) is 10. The van der Waals surface area contributed by atoms with Gasteiger partial charge in [-0.1, -0.05) is 248 Å². The summed E-state index contributed by atoms with van der Waals surface area (Å²) in [6, 6.07) is 50.7. The van der Waals surface area contributed by atoms with E-state index in [0.717, 1.165) is 0 Å². The van der Waals surface area contributed by atoms with Crippen LogP contribution in [0.5, 0.6) is 0 Å². The van der Waals surface area contributed by atoms with Crippen molar-refractivity contribution in [3.05, 3.63) is 178 Å². The standard InChI is InChI=1S/C59H66/c1-5-7-9-11-13-15-41-59(42-16-14-12-10-8-6-2)57-43-53(51-33-29-49(30-34-51)27-25-47-21-17-45(3)18-22-47)37-39-55(57)56-40-38-54(44-58(56)59)52-35-31-50(32-36-52)28-26-48-23-19-46(4)20-24-48/h17-40,43-44H,5-16,41-42H2,1-4H3. The Bertz CT molecular complexity index is 2110. The molecule has 0 nitrogen and oxygen atoms in total. The van der Waals surface area contributed by atoms with Gasteiger partial charge in [-0.15, -0.1) is 0 Å². The number of benzene rings is 6. The van der Waals surface area contributed by atoms with Crippen LogP contribution in [0.1, 0.15) is 148 Å². The molecule has 0 fully saturated rings. The minimum Gasteiger partial charge on any atom is -0.0654 e. The fraction of sp³-hybridized carbons (Fsp3) is 0.322. The third-order valence-corrected chi connectivity index (χ3v) is 12.9. The maximum absolute atomic E-state index is 2.59. The lowest BCUT2D eigenvalue weighted by Crippen LogP contribution is -2.25. The lowest BCUT2D eigenvalue weighted by atomic mass is 9.70. The van der Waals surface area contributed by atoms with E-state index in [1.165, 1.54) is 157 Å². The maximum Gasteiger partial charge on any atom is 0.0215 e. The van der Waals surface area contributed by atoms with E-state index in [-0.39, 0.29) is 5.41 Å². The Morgan fingerprint density at radius 2 is 0.644 bits per heavy atom. The van der Waals surface area contributed by atoms with Crippen molar-refractivity contribution in [1.29, 1.82) is 0 Å². The van der Waals surface area contributed by atoms with E-state index in [0.29, 0.717) is 0 Å². The first-order chi connectivity index (χ1) is 29.0. The highest BCUT2D eigenvalue weighted by Gasteiger charge is 2.42. The van der Waals surface area contributed by atoms with Crippen molar-refractivity contribution < 1.29 is 0 Å². The van der Waals surface area contributed by atoms with Crippen molar-refractivity contribution >= 4 is 24.3 Å². The molecule has 0 unspecified atom stereocenters. The lowest BCUT2D eigenvalue weighted by Gasteiger charge is -2.33. The van der Waals surface area contributed by atoms with Gasteiger partial charge in [0.05, 0.1) is 0 Å². The Kier molecular flexibility index (Phi) is 14.7. The van der Waals surface area contributed by atoms with Crippen molar-refractivity contribution in [2.45, 2.75) is 123 Å². The smallest absolute Gasteiger partial charge is 0.0215 e. The molecule has 0 saturated carbocycles. The molecule has 0 heterocycles. The summed E-state index contributed by atoms with van der Waals surface area (Å²) in [5, 5.41) is 0. The zero-order valence-electron chi connectivity index (χ0n) is 36.4. The molecule has 0 heteroatoms. The van der Waals surface area contributed by atoms with Gasteiger partial charge in [0.25, 0.3) is 0 Å². The molecule has 6 aromatic rings. The molecule has 1 aliphatic rings. The Morgan fingerprint density at radius 3 is 1.00 bits per heavy atom. The molecule has 0 aliphatic heterocycles. The minimum absolute atomic E-state index is 0.0135. The first kappa shape index (κ1) is 41.9. The summed E-state index contributed by atoms with van der Waals surface area (Å²) in [6.45, 7) is 8.92. The monoisotopic (exact) mass is 775 g/mol. The quantitative estimate of drug-likeness (QED) is 0.0535. The molecule has 0 saturated heterocycles. The van der Waals surface area contributed by atoms with Crippen molar-refractivity contribution in [2.24, 2.45) is 0 Å². The molecule has 0 radical (unpaired) electrons. The van der Waals surface area contributed by atoms with Crippen LogP contribution in [-0.2, 0) is 5.41 Å². The second-order valence-electron chi connectivity index (χ2n) is 17.4. The highest BCUT2D eigenvalue weighted by Crippen LogP contribution is 2.56. The fourth-order valence-corrected chi connectivity index (χ4v) is 9.25. The molecule has 0 N–H and O–H groups in total. The fourth-order valence-electron chi connectivity index (χ4n) is 9.25. The summed E-state index contributed by atoms with van der Waals surface area (Å²) in [4.78, 5) is 0. The Balaban J connectivity index is 1.21. The molecule has 0 aromatic heterocycles. The molecule has 7 rings (SSSR count). The number of rotatable bonds is 20. The van der Waals surface area contributed by atoms with E-state index < -0.39 is 0 Å². The summed E-state index contributed by atoms with van der Waals surface area (Å²) in [5.41, 5.74) is 18.8. The second kappa shape index (κ2) is 20.7. The van der Waals surface area contributed by atoms with Crippen molar-refractivity contribution in [3.8, 4) is 33.4 Å². The van der Waals surface area contributed by atoms with Gasteiger partial charge in [0.15, 0.2) is 0 Å². The number of hydrogen-bond donors (Lipinski definition) is 0. The average Bonchev–Trinajstić information content (AvgIpc) is 3.54. The van der Waals surface area contributed by atoms with Gasteiger partial charge in [0, 0.05) is 5.41 Å². The molecule has 0 spiro atoms. The Morgan fingerprint density at radius 1 is 0.339 bits per heavy atom. The van der Waals surface area contributed by atoms with E-state index in [1.54, 1.807) is 11.1 Å². The maximum atomic E-state index is 2.59. The van der Waals surface area contributed by atoms with Crippen LogP contribution in [0.2, 0.25) is 0 Å². The second-order valence-corrected chi connectivity index (χ2v) is 17.4. The highest BCUT2D eigenvalue weighted by molar-refractivity contribution is 5.86. The summed E-state index contributed by atoms with van der Waals surface area (Å²) in [6.07, 6.45) is 27.2. The molecule has 59 heavy (non-hydrogen) atoms. The summed E-state index contributed by atoms with van der Waals surface area (Å²) < 4.78 is 0. The van der Waals surface area contributed by atoms with Gasteiger partial charge in [-0.05, 0) is 106 Å². The van der Waals surface area contributed by atoms with E-state index in [4.69, 9.17) is 0 Å². The normalized spacial score (nSPS) is 13.0. The van der Waals surface area contributed by atoms with Crippen LogP contribution in [0.25, 0.3) is 57.7 Å². The SMILES string of the molecule is CCCCCCCCC1(CCCCCCCC)c2cc(-c3ccc(C=Cc4ccc(C)cc4)cc3)ccc2-c2ccc(-c3ccc(C=Cc4ccc(C)cc4)cc3)cc21. The van der Waals surface area contributed by atoms with Gasteiger partial charge < -0.3 is 0 Å². The van der Waals surface area contributed by atoms with Crippen LogP contribution >= 0.6 is 0 Å². The van der Waals surface area contributed by atoms with Crippen LogP contribution in [0, 0.1) is 13.8 Å². The summed E-state index contributed by atoms with van der Waals surface area (Å²) >= 11 is 0. The molecular weight excluding hydrogens is 709 g/mol. The highest BCUT2D eigenvalue weighted by atomic mass is 14.5. The number of aryl methyl sites for hydroxylation is 2. The topological polar surface area (TPSA) is 0 Å². The first-order valence-electron chi connectivity index (χ1n) is 23.0. The third-order valence-electron chi connectivity index (χ3n) is 12.9. The van der Waals surface area contributed by atoms with Crippen molar-refractivity contribution in [1.82, 2.24) is 0 Å². The minimum atomic E-state index is 0.0135. The van der Waals surface area contributed by atoms with Crippen LogP contribution in [0.3, 0.4) is 0 Å². The lowest BCUT2D eigenvalue weighted by molar-refractivity contribution is 0.398. The van der Waals surface area contributed by atoms with Crippen molar-refractivity contribution in [2.75, 3.05) is 0 Å². The molecule has 302 valence electrons. The first-order valence-corrected chi connectivity index (χ1v) is 23.0. The summed E-state index contributed by atoms with van der Waals surface area (Å²) in [5.74, 6) is 0. The number of fused-ring (bicyclic) bond motifs is 3. The van der Waals surface area contributed by atoms with Gasteiger partial charge in [0.2, 0.25) is 0 Å². The summed E-state index contributed by atoms with van der Waals surface area (Å²) in [7, 11) is 0. The van der Waals surface area contributed by atoms with Gasteiger partial charge in [0.1, 0.15) is 0 Å². The van der Waals surface area contributed by atoms with Crippen LogP contribution < -0.4 is 0 Å². The van der Waals surface area contributed by atoms with E-state index >= 15 is 0 Å². The molecule has 0 amide bonds. The third kappa shape index (κ3) is 10.7. The van der Waals surface area contributed by atoms with Crippen LogP contribution in [-0.4, -0.2) is 0 Å². The van der Waals surface area contributed by atoms with Crippen LogP contribution in [0.15, 0.2) is 133 Å². The predicted octanol–water partition coefficient (Wildman–Crippen LogP) is 17.7. The average molecular weight is 775 g/mol. The molecule has 0 atom stereocenters. The van der Waals surface area contributed by atoms with Gasteiger partial charge in [-0.25, -0.2) is 0 Å². The zero-order valence-corrected chi connectivity index (χ0v) is 36.4. The Labute approximate surface area is 357 Å². The van der Waals surface area contributed by atoms with Gasteiger partial charge >= 0.3 is 0 Å². The molecular formula is C59H66. The van der Waals surface area contributed by atoms with Gasteiger partial charge in [-0.2, -0.15) is 0 Å². The van der Waals surface area contributed by atoms with E-state index in [1.807, 2.05) is 0 Å².